The summed E-state index contributed by atoms with van der Waals surface area (Å²) in [7, 11) is 2.83. The maximum absolute atomic E-state index is 15.1. The number of hydrogen-bond acceptors (Lipinski definition) is 8. The highest BCUT2D eigenvalue weighted by Crippen LogP contribution is 2.46. The van der Waals surface area contributed by atoms with Gasteiger partial charge in [-0.05, 0) is 12.5 Å². The van der Waals surface area contributed by atoms with Gasteiger partial charge in [0.05, 0.1) is 59.0 Å². The molecule has 0 bridgehead atoms. The zero-order valence-corrected chi connectivity index (χ0v) is 22.7. The Hall–Kier alpha value is -3.36. The van der Waals surface area contributed by atoms with Gasteiger partial charge in [-0.1, -0.05) is 23.2 Å². The summed E-state index contributed by atoms with van der Waals surface area (Å²) in [6.45, 7) is 0.982. The van der Waals surface area contributed by atoms with E-state index in [-0.39, 0.29) is 36.3 Å². The van der Waals surface area contributed by atoms with Gasteiger partial charge in [0.25, 0.3) is 5.91 Å². The van der Waals surface area contributed by atoms with Crippen LogP contribution in [-0.4, -0.2) is 46.4 Å². The van der Waals surface area contributed by atoms with Crippen LogP contribution in [0.2, 0.25) is 10.0 Å². The number of fused-ring (bicyclic) bond motifs is 2. The van der Waals surface area contributed by atoms with E-state index in [4.69, 9.17) is 38.4 Å². The Kier molecular flexibility index (Phi) is 7.44. The number of aryl methyl sites for hydroxylation is 1. The number of anilines is 2. The first-order valence-electron chi connectivity index (χ1n) is 12.1. The van der Waals surface area contributed by atoms with E-state index in [2.05, 4.69) is 20.4 Å². The smallest absolute Gasteiger partial charge is 0.418 e. The number of aromatic nitrogens is 4. The molecular formula is C24H23Cl2F4N7O3. The predicted octanol–water partition coefficient (Wildman–Crippen LogP) is 4.31. The number of nitrogens with two attached hydrogens (primary N) is 1. The average Bonchev–Trinajstić information content (AvgIpc) is 3.07. The molecule has 1 unspecified atom stereocenters. The van der Waals surface area contributed by atoms with Gasteiger partial charge in [0, 0.05) is 37.7 Å². The standard InChI is InChI=1S/C24H23Cl2F4N7O3/c1-32-22(38)20-18(26)14-8-36(4-3-5-37(14)35-20)21-10-9-40-15(7-13(10)33-23(34-21)39-2)16-17(24(28,29)30)11(25)6-12(31)19(16)27/h6,15H,3-5,7-9,31H2,1-2H3,(H,32,38). The van der Waals surface area contributed by atoms with Crippen LogP contribution in [0.15, 0.2) is 6.07 Å². The topological polar surface area (TPSA) is 120 Å². The maximum Gasteiger partial charge on any atom is 0.418 e. The molecule has 0 fully saturated rings. The van der Waals surface area contributed by atoms with Gasteiger partial charge >= 0.3 is 12.2 Å². The molecule has 5 rings (SSSR count). The van der Waals surface area contributed by atoms with Crippen molar-refractivity contribution in [1.82, 2.24) is 25.1 Å². The Balaban J connectivity index is 1.55. The Morgan fingerprint density at radius 3 is 2.70 bits per heavy atom. The van der Waals surface area contributed by atoms with Crippen LogP contribution in [0.3, 0.4) is 0 Å². The predicted molar refractivity (Wildman–Crippen MR) is 137 cm³/mol. The van der Waals surface area contributed by atoms with E-state index in [1.165, 1.54) is 14.2 Å². The minimum absolute atomic E-state index is 0.0357. The van der Waals surface area contributed by atoms with Gasteiger partial charge in [-0.25, -0.2) is 4.39 Å². The third kappa shape index (κ3) is 4.88. The summed E-state index contributed by atoms with van der Waals surface area (Å²) in [6, 6.07) is 0.694. The van der Waals surface area contributed by atoms with Crippen LogP contribution >= 0.6 is 23.2 Å². The van der Waals surface area contributed by atoms with E-state index in [9.17, 15) is 18.0 Å². The lowest BCUT2D eigenvalue weighted by Crippen LogP contribution is -2.29. The lowest BCUT2D eigenvalue weighted by Gasteiger charge is -2.31. The van der Waals surface area contributed by atoms with Gasteiger partial charge in [-0.15, -0.1) is 0 Å². The number of nitrogen functional groups attached to an aromatic ring is 1. The number of carbonyl (C=O) groups excluding carboxylic acids is 1. The molecule has 1 atom stereocenters. The van der Waals surface area contributed by atoms with Crippen molar-refractivity contribution in [3.63, 3.8) is 0 Å². The molecule has 1 aromatic carbocycles. The molecule has 2 aromatic heterocycles. The third-order valence-corrected chi connectivity index (χ3v) is 7.50. The lowest BCUT2D eigenvalue weighted by molar-refractivity contribution is -0.140. The highest BCUT2D eigenvalue weighted by Gasteiger charge is 2.42. The van der Waals surface area contributed by atoms with Crippen molar-refractivity contribution in [3.8, 4) is 6.01 Å². The molecule has 3 aromatic rings. The number of nitrogens with one attached hydrogen (secondary N) is 1. The highest BCUT2D eigenvalue weighted by atomic mass is 35.5. The van der Waals surface area contributed by atoms with Crippen molar-refractivity contribution in [2.24, 2.45) is 0 Å². The molecule has 2 aliphatic rings. The van der Waals surface area contributed by atoms with E-state index < -0.39 is 45.8 Å². The van der Waals surface area contributed by atoms with E-state index in [1.54, 1.807) is 4.68 Å². The molecule has 1 amide bonds. The Bertz CT molecular complexity index is 1500. The lowest BCUT2D eigenvalue weighted by atomic mass is 9.93. The zero-order valence-electron chi connectivity index (χ0n) is 21.2. The summed E-state index contributed by atoms with van der Waals surface area (Å²) in [5, 5.41) is 6.32. The second-order valence-corrected chi connectivity index (χ2v) is 9.98. The van der Waals surface area contributed by atoms with Gasteiger partial charge in [0.15, 0.2) is 11.5 Å². The molecule has 3 N–H and O–H groups in total. The zero-order chi connectivity index (χ0) is 28.9. The van der Waals surface area contributed by atoms with Crippen LogP contribution in [0.4, 0.5) is 29.1 Å². The largest absolute Gasteiger partial charge is 0.467 e. The summed E-state index contributed by atoms with van der Waals surface area (Å²) in [6.07, 6.45) is -5.95. The summed E-state index contributed by atoms with van der Waals surface area (Å²) in [5.74, 6) is -1.27. The van der Waals surface area contributed by atoms with Crippen LogP contribution in [0.25, 0.3) is 0 Å². The molecule has 0 spiro atoms. The second kappa shape index (κ2) is 10.6. The summed E-state index contributed by atoms with van der Waals surface area (Å²) in [5.41, 5.74) is 4.46. The number of halogens is 6. The first-order chi connectivity index (χ1) is 18.9. The normalized spacial score (nSPS) is 17.2. The molecule has 0 saturated carbocycles. The molecule has 0 saturated heterocycles. The number of benzene rings is 1. The van der Waals surface area contributed by atoms with E-state index >= 15 is 4.39 Å². The highest BCUT2D eigenvalue weighted by molar-refractivity contribution is 6.34. The van der Waals surface area contributed by atoms with Gasteiger partial charge < -0.3 is 25.4 Å². The number of hydrogen-bond donors (Lipinski definition) is 2. The number of rotatable bonds is 4. The van der Waals surface area contributed by atoms with Crippen LogP contribution < -0.4 is 20.7 Å². The Labute approximate surface area is 235 Å². The summed E-state index contributed by atoms with van der Waals surface area (Å²) < 4.78 is 69.6. The molecule has 0 aliphatic carbocycles. The van der Waals surface area contributed by atoms with Gasteiger partial charge in [-0.2, -0.15) is 28.2 Å². The monoisotopic (exact) mass is 603 g/mol. The van der Waals surface area contributed by atoms with Crippen LogP contribution in [0, 0.1) is 5.82 Å². The second-order valence-electron chi connectivity index (χ2n) is 9.20. The number of alkyl halides is 3. The third-order valence-electron chi connectivity index (χ3n) is 6.80. The van der Waals surface area contributed by atoms with Crippen molar-refractivity contribution in [2.45, 2.75) is 44.8 Å². The average molecular weight is 604 g/mol. The number of carbonyl (C=O) groups is 1. The van der Waals surface area contributed by atoms with Crippen LogP contribution in [0.5, 0.6) is 6.01 Å². The van der Waals surface area contributed by atoms with Gasteiger partial charge in [-0.3, -0.25) is 9.48 Å². The number of ether oxygens (including phenoxy) is 2. The molecule has 214 valence electrons. The van der Waals surface area contributed by atoms with E-state index in [1.807, 2.05) is 4.90 Å². The summed E-state index contributed by atoms with van der Waals surface area (Å²) in [4.78, 5) is 22.9. The molecule has 16 heteroatoms. The van der Waals surface area contributed by atoms with Crippen LogP contribution in [-0.2, 0) is 37.0 Å². The first-order valence-corrected chi connectivity index (χ1v) is 12.8. The molecule has 40 heavy (non-hydrogen) atoms. The minimum Gasteiger partial charge on any atom is -0.467 e. The number of nitrogens with zero attached hydrogens (tertiary/aromatic N) is 5. The fourth-order valence-electron chi connectivity index (χ4n) is 4.95. The number of amides is 1. The van der Waals surface area contributed by atoms with Gasteiger partial charge in [0.1, 0.15) is 5.82 Å². The SMILES string of the molecule is CNC(=O)c1nn2c(c1Cl)CN(c1nc(OC)nc3c1COC(c1c(F)c(N)cc(Cl)c1C(F)(F)F)C3)CCC2. The van der Waals surface area contributed by atoms with Crippen molar-refractivity contribution < 1.29 is 31.8 Å². The molecule has 4 heterocycles. The fourth-order valence-corrected chi connectivity index (χ4v) is 5.56. The molecule has 0 radical (unpaired) electrons. The molecular weight excluding hydrogens is 581 g/mol. The van der Waals surface area contributed by atoms with Crippen LogP contribution in [0.1, 0.15) is 51.1 Å². The quantitative estimate of drug-likeness (QED) is 0.334. The minimum atomic E-state index is -4.96. The van der Waals surface area contributed by atoms with Crippen molar-refractivity contribution >= 4 is 40.6 Å². The van der Waals surface area contributed by atoms with Gasteiger partial charge in [0.2, 0.25) is 0 Å². The number of methoxy groups -OCH3 is 1. The van der Waals surface area contributed by atoms with E-state index in [0.29, 0.717) is 42.3 Å². The van der Waals surface area contributed by atoms with Crippen molar-refractivity contribution in [3.05, 3.63) is 55.7 Å². The maximum atomic E-state index is 15.1. The Morgan fingerprint density at radius 1 is 1.27 bits per heavy atom. The fraction of sp³-hybridized carbons (Fsp3) is 0.417. The molecule has 10 nitrogen and oxygen atoms in total. The molecule has 2 aliphatic heterocycles. The Morgan fingerprint density at radius 2 is 2.02 bits per heavy atom. The van der Waals surface area contributed by atoms with Crippen molar-refractivity contribution in [1.29, 1.82) is 0 Å². The van der Waals surface area contributed by atoms with E-state index in [0.717, 1.165) is 6.07 Å². The van der Waals surface area contributed by atoms with Crippen molar-refractivity contribution in [2.75, 3.05) is 31.3 Å². The first kappa shape index (κ1) is 28.2. The summed E-state index contributed by atoms with van der Waals surface area (Å²) >= 11 is 12.4.